The number of hydrogen-bond donors (Lipinski definition) is 0. The van der Waals surface area contributed by atoms with Gasteiger partial charge in [-0.05, 0) is 41.5 Å². The molecule has 2 aromatic rings. The average Bonchev–Trinajstić information content (AvgIpc) is 2.65. The molecule has 0 saturated carbocycles. The number of carbonyl (C=O) groups is 1. The van der Waals surface area contributed by atoms with E-state index in [9.17, 15) is 4.79 Å². The molecule has 0 saturated heterocycles. The zero-order valence-electron chi connectivity index (χ0n) is 13.4. The molecular formula is C19H18O5. The third-order valence-corrected chi connectivity index (χ3v) is 3.52. The molecule has 24 heavy (non-hydrogen) atoms. The molecule has 0 radical (unpaired) electrons. The van der Waals surface area contributed by atoms with Crippen molar-refractivity contribution in [2.24, 2.45) is 0 Å². The molecule has 5 heteroatoms. The summed E-state index contributed by atoms with van der Waals surface area (Å²) in [5.41, 5.74) is 1.75. The summed E-state index contributed by atoms with van der Waals surface area (Å²) in [6.07, 6.45) is 3.09. The van der Waals surface area contributed by atoms with Gasteiger partial charge in [-0.2, -0.15) is 0 Å². The molecule has 0 fully saturated rings. The van der Waals surface area contributed by atoms with Gasteiger partial charge in [0.05, 0.1) is 7.11 Å². The van der Waals surface area contributed by atoms with Crippen LogP contribution in [0.1, 0.15) is 11.1 Å². The van der Waals surface area contributed by atoms with Crippen LogP contribution in [0.5, 0.6) is 17.2 Å². The zero-order chi connectivity index (χ0) is 16.8. The van der Waals surface area contributed by atoms with Crippen molar-refractivity contribution in [1.82, 2.24) is 0 Å². The highest BCUT2D eigenvalue weighted by Crippen LogP contribution is 2.31. The van der Waals surface area contributed by atoms with Crippen molar-refractivity contribution in [3.05, 3.63) is 59.7 Å². The number of esters is 1. The van der Waals surface area contributed by atoms with Crippen LogP contribution < -0.4 is 14.2 Å². The van der Waals surface area contributed by atoms with E-state index < -0.39 is 5.97 Å². The van der Waals surface area contributed by atoms with E-state index in [0.29, 0.717) is 19.0 Å². The van der Waals surface area contributed by atoms with Gasteiger partial charge in [0, 0.05) is 6.08 Å². The molecule has 124 valence electrons. The normalized spacial score (nSPS) is 12.9. The molecule has 0 bridgehead atoms. The fraction of sp³-hybridized carbons (Fsp3) is 0.211. The summed E-state index contributed by atoms with van der Waals surface area (Å²) in [7, 11) is 1.61. The predicted molar refractivity (Wildman–Crippen MR) is 89.3 cm³/mol. The lowest BCUT2D eigenvalue weighted by Crippen LogP contribution is -2.15. The van der Waals surface area contributed by atoms with Gasteiger partial charge in [-0.3, -0.25) is 0 Å². The third-order valence-electron chi connectivity index (χ3n) is 3.52. The average molecular weight is 326 g/mol. The van der Waals surface area contributed by atoms with Crippen LogP contribution in [0, 0.1) is 0 Å². The maximum absolute atomic E-state index is 11.8. The number of methoxy groups -OCH3 is 1. The Balaban J connectivity index is 1.55. The molecule has 0 aromatic heterocycles. The van der Waals surface area contributed by atoms with Gasteiger partial charge >= 0.3 is 5.97 Å². The summed E-state index contributed by atoms with van der Waals surface area (Å²) in [5, 5.41) is 0. The van der Waals surface area contributed by atoms with E-state index in [1.165, 1.54) is 6.08 Å². The number of fused-ring (bicyclic) bond motifs is 1. The minimum atomic E-state index is -0.402. The Hall–Kier alpha value is -2.95. The van der Waals surface area contributed by atoms with E-state index in [0.717, 1.165) is 22.6 Å². The van der Waals surface area contributed by atoms with E-state index in [1.807, 2.05) is 42.5 Å². The molecule has 0 N–H and O–H groups in total. The SMILES string of the molecule is COc1ccc(COC(=O)/C=C/c2ccc3c(c2)OCCO3)cc1. The monoisotopic (exact) mass is 326 g/mol. The molecule has 0 atom stereocenters. The molecule has 1 aliphatic rings. The highest BCUT2D eigenvalue weighted by molar-refractivity contribution is 5.87. The van der Waals surface area contributed by atoms with Crippen LogP contribution in [0.25, 0.3) is 6.08 Å². The fourth-order valence-corrected chi connectivity index (χ4v) is 2.25. The van der Waals surface area contributed by atoms with Gasteiger partial charge in [0.2, 0.25) is 0 Å². The first kappa shape index (κ1) is 15.9. The van der Waals surface area contributed by atoms with Gasteiger partial charge in [0.25, 0.3) is 0 Å². The molecule has 0 amide bonds. The minimum Gasteiger partial charge on any atom is -0.497 e. The summed E-state index contributed by atoms with van der Waals surface area (Å²) in [6, 6.07) is 12.9. The van der Waals surface area contributed by atoms with Crippen molar-refractivity contribution in [3.63, 3.8) is 0 Å². The first-order valence-electron chi connectivity index (χ1n) is 7.62. The summed E-state index contributed by atoms with van der Waals surface area (Å²) in [4.78, 5) is 11.8. The number of ether oxygens (including phenoxy) is 4. The summed E-state index contributed by atoms with van der Waals surface area (Å²) in [5.74, 6) is 1.78. The van der Waals surface area contributed by atoms with Crippen LogP contribution in [0.4, 0.5) is 0 Å². The second-order valence-corrected chi connectivity index (χ2v) is 5.19. The number of hydrogen-bond acceptors (Lipinski definition) is 5. The number of carbonyl (C=O) groups excluding carboxylic acids is 1. The number of benzene rings is 2. The van der Waals surface area contributed by atoms with Gasteiger partial charge < -0.3 is 18.9 Å². The van der Waals surface area contributed by atoms with Crippen LogP contribution in [0.3, 0.4) is 0 Å². The van der Waals surface area contributed by atoms with Crippen molar-refractivity contribution in [3.8, 4) is 17.2 Å². The standard InChI is InChI=1S/C19H18O5/c1-21-16-6-2-15(3-7-16)13-24-19(20)9-5-14-4-8-17-18(12-14)23-11-10-22-17/h2-9,12H,10-11,13H2,1H3/b9-5+. The summed E-state index contributed by atoms with van der Waals surface area (Å²) in [6.45, 7) is 1.30. The van der Waals surface area contributed by atoms with Gasteiger partial charge in [-0.25, -0.2) is 4.79 Å². The predicted octanol–water partition coefficient (Wildman–Crippen LogP) is 3.22. The van der Waals surface area contributed by atoms with Crippen LogP contribution >= 0.6 is 0 Å². The van der Waals surface area contributed by atoms with Gasteiger partial charge in [0.1, 0.15) is 25.6 Å². The second-order valence-electron chi connectivity index (χ2n) is 5.19. The summed E-state index contributed by atoms with van der Waals surface area (Å²) >= 11 is 0. The van der Waals surface area contributed by atoms with Crippen LogP contribution in [-0.2, 0) is 16.1 Å². The highest BCUT2D eigenvalue weighted by Gasteiger charge is 2.10. The van der Waals surface area contributed by atoms with E-state index in [4.69, 9.17) is 18.9 Å². The maximum atomic E-state index is 11.8. The molecule has 0 spiro atoms. The zero-order valence-corrected chi connectivity index (χ0v) is 13.4. The highest BCUT2D eigenvalue weighted by atomic mass is 16.6. The molecule has 0 aliphatic carbocycles. The second kappa shape index (κ2) is 7.55. The van der Waals surface area contributed by atoms with Crippen molar-refractivity contribution in [1.29, 1.82) is 0 Å². The number of rotatable bonds is 5. The van der Waals surface area contributed by atoms with Gasteiger partial charge in [-0.1, -0.05) is 18.2 Å². The first-order valence-corrected chi connectivity index (χ1v) is 7.62. The van der Waals surface area contributed by atoms with Crippen LogP contribution in [0.15, 0.2) is 48.5 Å². The maximum Gasteiger partial charge on any atom is 0.331 e. The van der Waals surface area contributed by atoms with E-state index in [2.05, 4.69) is 0 Å². The van der Waals surface area contributed by atoms with E-state index in [-0.39, 0.29) is 6.61 Å². The van der Waals surface area contributed by atoms with Gasteiger partial charge in [-0.15, -0.1) is 0 Å². The van der Waals surface area contributed by atoms with Crippen molar-refractivity contribution in [2.75, 3.05) is 20.3 Å². The Kier molecular flexibility index (Phi) is 5.01. The molecular weight excluding hydrogens is 308 g/mol. The topological polar surface area (TPSA) is 54.0 Å². The van der Waals surface area contributed by atoms with Crippen molar-refractivity contribution in [2.45, 2.75) is 6.61 Å². The molecule has 0 unspecified atom stereocenters. The first-order chi connectivity index (χ1) is 11.7. The lowest BCUT2D eigenvalue weighted by atomic mass is 10.2. The molecule has 1 heterocycles. The van der Waals surface area contributed by atoms with Crippen molar-refractivity contribution < 1.29 is 23.7 Å². The van der Waals surface area contributed by atoms with Crippen LogP contribution in [-0.4, -0.2) is 26.3 Å². The Labute approximate surface area is 140 Å². The Morgan fingerprint density at radius 3 is 2.58 bits per heavy atom. The Bertz CT molecular complexity index is 734. The fourth-order valence-electron chi connectivity index (χ4n) is 2.25. The van der Waals surface area contributed by atoms with Gasteiger partial charge in [0.15, 0.2) is 11.5 Å². The minimum absolute atomic E-state index is 0.217. The molecule has 1 aliphatic heterocycles. The third kappa shape index (κ3) is 4.07. The lowest BCUT2D eigenvalue weighted by molar-refractivity contribution is -0.138. The molecule has 2 aromatic carbocycles. The quantitative estimate of drug-likeness (QED) is 0.624. The van der Waals surface area contributed by atoms with Crippen molar-refractivity contribution >= 4 is 12.0 Å². The Morgan fingerprint density at radius 2 is 1.83 bits per heavy atom. The Morgan fingerprint density at radius 1 is 1.08 bits per heavy atom. The lowest BCUT2D eigenvalue weighted by Gasteiger charge is -2.18. The summed E-state index contributed by atoms with van der Waals surface area (Å²) < 4.78 is 21.3. The molecule has 5 nitrogen and oxygen atoms in total. The largest absolute Gasteiger partial charge is 0.497 e. The van der Waals surface area contributed by atoms with E-state index in [1.54, 1.807) is 13.2 Å². The van der Waals surface area contributed by atoms with Crippen LogP contribution in [0.2, 0.25) is 0 Å². The van der Waals surface area contributed by atoms with E-state index >= 15 is 0 Å². The smallest absolute Gasteiger partial charge is 0.331 e. The molecule has 3 rings (SSSR count).